The number of carbonyl (C=O) groups excluding carboxylic acids is 5. The molecular formula is C18H26N4O11. The van der Waals surface area contributed by atoms with Crippen molar-refractivity contribution in [2.75, 3.05) is 13.7 Å². The quantitative estimate of drug-likeness (QED) is 0.139. The molecule has 0 unspecified atom stereocenters. The van der Waals surface area contributed by atoms with Gasteiger partial charge in [0.2, 0.25) is 5.91 Å². The van der Waals surface area contributed by atoms with Crippen molar-refractivity contribution in [1.29, 1.82) is 0 Å². The number of aliphatic hydroxyl groups is 1. The summed E-state index contributed by atoms with van der Waals surface area (Å²) in [5.41, 5.74) is 8.69. The van der Waals surface area contributed by atoms with Gasteiger partial charge >= 0.3 is 23.9 Å². The van der Waals surface area contributed by atoms with Crippen LogP contribution in [0.5, 0.6) is 0 Å². The van der Waals surface area contributed by atoms with Crippen LogP contribution in [0, 0.1) is 0 Å². The Morgan fingerprint density at radius 3 is 2.21 bits per heavy atom. The second-order valence-electron chi connectivity index (χ2n) is 7.07. The van der Waals surface area contributed by atoms with Crippen LogP contribution in [0.4, 0.5) is 0 Å². The molecule has 1 aliphatic heterocycles. The normalized spacial score (nSPS) is 25.9. The van der Waals surface area contributed by atoms with Crippen LogP contribution < -0.4 is 5.32 Å². The van der Waals surface area contributed by atoms with E-state index in [4.69, 9.17) is 24.5 Å². The summed E-state index contributed by atoms with van der Waals surface area (Å²) in [4.78, 5) is 61.9. The highest BCUT2D eigenvalue weighted by molar-refractivity contribution is 5.78. The Morgan fingerprint density at radius 2 is 1.76 bits per heavy atom. The molecule has 1 amide bonds. The highest BCUT2D eigenvalue weighted by atomic mass is 16.7. The molecule has 0 radical (unpaired) electrons. The van der Waals surface area contributed by atoms with E-state index in [1.54, 1.807) is 0 Å². The first-order valence-electron chi connectivity index (χ1n) is 9.62. The molecule has 0 spiro atoms. The lowest BCUT2D eigenvalue weighted by Crippen LogP contribution is -2.68. The van der Waals surface area contributed by atoms with Crippen LogP contribution in [0.15, 0.2) is 5.11 Å². The first kappa shape index (κ1) is 27.6. The van der Waals surface area contributed by atoms with Gasteiger partial charge in [-0.1, -0.05) is 5.11 Å². The molecule has 1 aliphatic rings. The van der Waals surface area contributed by atoms with Crippen molar-refractivity contribution < 1.29 is 52.8 Å². The topological polar surface area (TPSA) is 213 Å². The number of carbonyl (C=O) groups is 5. The predicted octanol–water partition coefficient (Wildman–Crippen LogP) is -0.753. The molecule has 1 saturated heterocycles. The van der Waals surface area contributed by atoms with Gasteiger partial charge in [-0.3, -0.25) is 19.2 Å². The van der Waals surface area contributed by atoms with Crippen molar-refractivity contribution in [3.8, 4) is 0 Å². The molecule has 1 heterocycles. The van der Waals surface area contributed by atoms with Crippen LogP contribution in [0.3, 0.4) is 0 Å². The summed E-state index contributed by atoms with van der Waals surface area (Å²) in [6.07, 6.45) is -6.77. The maximum atomic E-state index is 12.3. The Labute approximate surface area is 188 Å². The minimum atomic E-state index is -2.70. The minimum Gasteiger partial charge on any atom is -0.465 e. The van der Waals surface area contributed by atoms with E-state index < -0.39 is 79.0 Å². The summed E-state index contributed by atoms with van der Waals surface area (Å²) < 4.78 is 25.6. The van der Waals surface area contributed by atoms with Crippen molar-refractivity contribution in [1.82, 2.24) is 5.32 Å². The standard InChI is InChI=1S/C18H26N4O11/c1-8(23)21-14-12(30-9(2)24)6-18(28,17(27)29-5)33-16(14)15(32-11(4)26)13(7-20-22-19)31-10(3)25/h12-16,28H,6-7H2,1-5H3,(H,21,23)/t12-,13+,14+,15+,16+,18-/m0/s1. The van der Waals surface area contributed by atoms with E-state index in [2.05, 4.69) is 20.1 Å². The van der Waals surface area contributed by atoms with E-state index >= 15 is 0 Å². The summed E-state index contributed by atoms with van der Waals surface area (Å²) in [5.74, 6) is -7.18. The van der Waals surface area contributed by atoms with Gasteiger partial charge in [0, 0.05) is 32.6 Å². The number of esters is 4. The Hall–Kier alpha value is -3.42. The summed E-state index contributed by atoms with van der Waals surface area (Å²) >= 11 is 0. The van der Waals surface area contributed by atoms with Crippen molar-refractivity contribution in [2.45, 2.75) is 70.4 Å². The Morgan fingerprint density at radius 1 is 1.15 bits per heavy atom. The van der Waals surface area contributed by atoms with Gasteiger partial charge in [0.1, 0.15) is 18.3 Å². The van der Waals surface area contributed by atoms with Crippen LogP contribution in [0.25, 0.3) is 10.4 Å². The van der Waals surface area contributed by atoms with Gasteiger partial charge in [-0.15, -0.1) is 0 Å². The lowest BCUT2D eigenvalue weighted by Gasteiger charge is -2.46. The summed E-state index contributed by atoms with van der Waals surface area (Å²) in [6, 6.07) is -1.30. The van der Waals surface area contributed by atoms with Crippen molar-refractivity contribution in [3.05, 3.63) is 10.4 Å². The molecule has 33 heavy (non-hydrogen) atoms. The summed E-state index contributed by atoms with van der Waals surface area (Å²) in [5, 5.41) is 16.6. The number of nitrogens with zero attached hydrogens (tertiary/aromatic N) is 3. The number of rotatable bonds is 9. The number of nitrogens with one attached hydrogen (secondary N) is 1. The Kier molecular flexibility index (Phi) is 10.0. The third-order valence-corrected chi connectivity index (χ3v) is 4.39. The minimum absolute atomic E-state index is 0.546. The molecule has 1 fully saturated rings. The van der Waals surface area contributed by atoms with Crippen LogP contribution in [0.1, 0.15) is 34.1 Å². The van der Waals surface area contributed by atoms with Crippen molar-refractivity contribution in [2.24, 2.45) is 5.11 Å². The third-order valence-electron chi connectivity index (χ3n) is 4.39. The second kappa shape index (κ2) is 12.0. The molecule has 0 aromatic carbocycles. The number of hydrogen-bond acceptors (Lipinski definition) is 12. The SMILES string of the molecule is COC(=O)[C@]1(O)C[C@H](OC(C)=O)[C@@H](NC(C)=O)[C@H]([C@H](OC(C)=O)[C@@H](CN=[N+]=[N-])OC(C)=O)O1. The fourth-order valence-corrected chi connectivity index (χ4v) is 3.34. The van der Waals surface area contributed by atoms with Crippen LogP contribution in [0.2, 0.25) is 0 Å². The number of amides is 1. The molecule has 0 aliphatic carbocycles. The van der Waals surface area contributed by atoms with Gasteiger partial charge in [-0.2, -0.15) is 0 Å². The molecule has 6 atom stereocenters. The lowest BCUT2D eigenvalue weighted by molar-refractivity contribution is -0.298. The van der Waals surface area contributed by atoms with Crippen LogP contribution in [-0.2, 0) is 47.7 Å². The lowest BCUT2D eigenvalue weighted by atomic mass is 9.88. The van der Waals surface area contributed by atoms with E-state index in [1.165, 1.54) is 0 Å². The van der Waals surface area contributed by atoms with E-state index in [-0.39, 0.29) is 0 Å². The van der Waals surface area contributed by atoms with Gasteiger partial charge in [0.25, 0.3) is 5.79 Å². The van der Waals surface area contributed by atoms with E-state index in [1.807, 2.05) is 0 Å². The molecule has 2 N–H and O–H groups in total. The summed E-state index contributed by atoms with van der Waals surface area (Å²) in [7, 11) is 0.965. The van der Waals surface area contributed by atoms with E-state index in [0.717, 1.165) is 34.8 Å². The first-order valence-corrected chi connectivity index (χ1v) is 9.62. The Balaban J connectivity index is 3.66. The maximum Gasteiger partial charge on any atom is 0.366 e. The predicted molar refractivity (Wildman–Crippen MR) is 105 cm³/mol. The van der Waals surface area contributed by atoms with Crippen LogP contribution in [-0.4, -0.2) is 84.8 Å². The highest BCUT2D eigenvalue weighted by Gasteiger charge is 2.57. The van der Waals surface area contributed by atoms with Gasteiger partial charge < -0.3 is 34.1 Å². The average Bonchev–Trinajstić information content (AvgIpc) is 2.69. The zero-order valence-electron chi connectivity index (χ0n) is 18.7. The van der Waals surface area contributed by atoms with E-state index in [9.17, 15) is 29.1 Å². The van der Waals surface area contributed by atoms with Gasteiger partial charge in [0.15, 0.2) is 6.10 Å². The molecule has 0 aromatic rings. The van der Waals surface area contributed by atoms with Gasteiger partial charge in [-0.25, -0.2) is 4.79 Å². The molecule has 15 heteroatoms. The number of hydrogen-bond donors (Lipinski definition) is 2. The number of ether oxygens (including phenoxy) is 5. The zero-order valence-corrected chi connectivity index (χ0v) is 18.7. The van der Waals surface area contributed by atoms with Gasteiger partial charge in [-0.05, 0) is 5.53 Å². The fourth-order valence-electron chi connectivity index (χ4n) is 3.34. The van der Waals surface area contributed by atoms with Crippen molar-refractivity contribution >= 4 is 29.8 Å². The fraction of sp³-hybridized carbons (Fsp3) is 0.722. The molecular weight excluding hydrogens is 448 g/mol. The van der Waals surface area contributed by atoms with Gasteiger partial charge in [0.05, 0.1) is 26.1 Å². The average molecular weight is 474 g/mol. The molecule has 15 nitrogen and oxygen atoms in total. The second-order valence-corrected chi connectivity index (χ2v) is 7.07. The first-order chi connectivity index (χ1) is 15.3. The van der Waals surface area contributed by atoms with Crippen molar-refractivity contribution in [3.63, 3.8) is 0 Å². The zero-order chi connectivity index (χ0) is 25.3. The molecule has 0 saturated carbocycles. The third kappa shape index (κ3) is 7.89. The Bertz CT molecular complexity index is 824. The molecule has 1 rings (SSSR count). The largest absolute Gasteiger partial charge is 0.465 e. The van der Waals surface area contributed by atoms with Crippen LogP contribution >= 0.6 is 0 Å². The number of azide groups is 1. The molecule has 184 valence electrons. The monoisotopic (exact) mass is 474 g/mol. The molecule has 0 bridgehead atoms. The smallest absolute Gasteiger partial charge is 0.366 e. The highest BCUT2D eigenvalue weighted by Crippen LogP contribution is 2.34. The molecule has 0 aromatic heterocycles. The van der Waals surface area contributed by atoms with E-state index in [0.29, 0.717) is 0 Å². The maximum absolute atomic E-state index is 12.3. The number of methoxy groups -OCH3 is 1. The summed E-state index contributed by atoms with van der Waals surface area (Å²) in [6.45, 7) is 3.69.